The van der Waals surface area contributed by atoms with Crippen LogP contribution in [-0.2, 0) is 16.1 Å². The lowest BCUT2D eigenvalue weighted by Gasteiger charge is -2.23. The SMILES string of the molecule is O=C(NCc1cccnc1)C1=NN(c2ccccc2)C(=O)CC1. The van der Waals surface area contributed by atoms with Gasteiger partial charge < -0.3 is 5.32 Å². The third-order valence-corrected chi connectivity index (χ3v) is 3.47. The second-order valence-electron chi connectivity index (χ2n) is 5.13. The van der Waals surface area contributed by atoms with Crippen molar-refractivity contribution in [2.45, 2.75) is 19.4 Å². The van der Waals surface area contributed by atoms with E-state index in [0.717, 1.165) is 5.56 Å². The van der Waals surface area contributed by atoms with Gasteiger partial charge in [0.15, 0.2) is 0 Å². The van der Waals surface area contributed by atoms with Gasteiger partial charge in [-0.25, -0.2) is 5.01 Å². The summed E-state index contributed by atoms with van der Waals surface area (Å²) in [6.45, 7) is 0.380. The number of carbonyl (C=O) groups excluding carboxylic acids is 2. The van der Waals surface area contributed by atoms with Crippen molar-refractivity contribution < 1.29 is 9.59 Å². The maximum atomic E-state index is 12.3. The molecule has 1 N–H and O–H groups in total. The molecule has 116 valence electrons. The van der Waals surface area contributed by atoms with Crippen LogP contribution in [0.2, 0.25) is 0 Å². The summed E-state index contributed by atoms with van der Waals surface area (Å²) in [5.74, 6) is -0.373. The summed E-state index contributed by atoms with van der Waals surface area (Å²) in [6.07, 6.45) is 4.00. The summed E-state index contributed by atoms with van der Waals surface area (Å²) >= 11 is 0. The Kier molecular flexibility index (Phi) is 4.42. The van der Waals surface area contributed by atoms with E-state index in [4.69, 9.17) is 0 Å². The van der Waals surface area contributed by atoms with Crippen LogP contribution in [0, 0.1) is 0 Å². The molecule has 1 aromatic carbocycles. The first-order valence-corrected chi connectivity index (χ1v) is 7.36. The Hall–Kier alpha value is -3.02. The molecule has 0 radical (unpaired) electrons. The summed E-state index contributed by atoms with van der Waals surface area (Å²) in [7, 11) is 0. The fraction of sp³-hybridized carbons (Fsp3) is 0.176. The lowest BCUT2D eigenvalue weighted by atomic mass is 10.1. The second kappa shape index (κ2) is 6.83. The number of aromatic nitrogens is 1. The summed E-state index contributed by atoms with van der Waals surface area (Å²) in [5, 5.41) is 8.32. The van der Waals surface area contributed by atoms with Crippen molar-refractivity contribution in [3.8, 4) is 0 Å². The Morgan fingerprint density at radius 2 is 1.96 bits per heavy atom. The minimum Gasteiger partial charge on any atom is -0.347 e. The van der Waals surface area contributed by atoms with Gasteiger partial charge in [-0.05, 0) is 23.8 Å². The maximum Gasteiger partial charge on any atom is 0.267 e. The number of nitrogens with zero attached hydrogens (tertiary/aromatic N) is 3. The predicted octanol–water partition coefficient (Wildman–Crippen LogP) is 1.88. The molecule has 0 saturated carbocycles. The van der Waals surface area contributed by atoms with E-state index in [2.05, 4.69) is 15.4 Å². The van der Waals surface area contributed by atoms with Crippen molar-refractivity contribution in [2.24, 2.45) is 5.10 Å². The van der Waals surface area contributed by atoms with E-state index in [-0.39, 0.29) is 18.2 Å². The van der Waals surface area contributed by atoms with Gasteiger partial charge in [-0.15, -0.1) is 0 Å². The molecule has 23 heavy (non-hydrogen) atoms. The monoisotopic (exact) mass is 308 g/mol. The molecule has 0 atom stereocenters. The van der Waals surface area contributed by atoms with Crippen molar-refractivity contribution in [3.05, 3.63) is 60.4 Å². The van der Waals surface area contributed by atoms with Crippen LogP contribution in [0.4, 0.5) is 5.69 Å². The number of pyridine rings is 1. The lowest BCUT2D eigenvalue weighted by molar-refractivity contribution is -0.119. The third-order valence-electron chi connectivity index (χ3n) is 3.47. The van der Waals surface area contributed by atoms with Gasteiger partial charge in [0.1, 0.15) is 5.71 Å². The third kappa shape index (κ3) is 3.60. The van der Waals surface area contributed by atoms with Gasteiger partial charge in [-0.2, -0.15) is 5.10 Å². The summed E-state index contributed by atoms with van der Waals surface area (Å²) in [4.78, 5) is 28.3. The number of rotatable bonds is 4. The first kappa shape index (κ1) is 14.9. The Balaban J connectivity index is 1.71. The number of para-hydroxylation sites is 1. The minimum absolute atomic E-state index is 0.111. The van der Waals surface area contributed by atoms with Crippen molar-refractivity contribution in [3.63, 3.8) is 0 Å². The molecule has 0 saturated heterocycles. The van der Waals surface area contributed by atoms with Gasteiger partial charge in [0.25, 0.3) is 5.91 Å². The molecule has 1 aromatic heterocycles. The van der Waals surface area contributed by atoms with Crippen LogP contribution in [0.15, 0.2) is 60.0 Å². The number of anilines is 1. The van der Waals surface area contributed by atoms with E-state index in [1.807, 2.05) is 30.3 Å². The van der Waals surface area contributed by atoms with E-state index in [9.17, 15) is 9.59 Å². The summed E-state index contributed by atoms with van der Waals surface area (Å²) in [6, 6.07) is 12.8. The number of amides is 2. The number of carbonyl (C=O) groups is 2. The largest absolute Gasteiger partial charge is 0.347 e. The Bertz CT molecular complexity index is 729. The van der Waals surface area contributed by atoms with E-state index in [1.165, 1.54) is 5.01 Å². The van der Waals surface area contributed by atoms with Crippen molar-refractivity contribution in [2.75, 3.05) is 5.01 Å². The van der Waals surface area contributed by atoms with Gasteiger partial charge in [-0.1, -0.05) is 24.3 Å². The predicted molar refractivity (Wildman–Crippen MR) is 86.7 cm³/mol. The van der Waals surface area contributed by atoms with Gasteiger partial charge in [-0.3, -0.25) is 14.6 Å². The van der Waals surface area contributed by atoms with Crippen LogP contribution in [0.1, 0.15) is 18.4 Å². The van der Waals surface area contributed by atoms with Crippen LogP contribution < -0.4 is 10.3 Å². The molecule has 0 unspecified atom stereocenters. The Morgan fingerprint density at radius 3 is 2.70 bits per heavy atom. The minimum atomic E-state index is -0.262. The highest BCUT2D eigenvalue weighted by Crippen LogP contribution is 2.19. The summed E-state index contributed by atoms with van der Waals surface area (Å²) < 4.78 is 0. The molecule has 2 amide bonds. The topological polar surface area (TPSA) is 74.7 Å². The first-order chi connectivity index (χ1) is 11.2. The number of nitrogens with one attached hydrogen (secondary N) is 1. The smallest absolute Gasteiger partial charge is 0.267 e. The van der Waals surface area contributed by atoms with Crippen molar-refractivity contribution in [1.29, 1.82) is 0 Å². The molecule has 6 nitrogen and oxygen atoms in total. The molecule has 0 spiro atoms. The number of benzene rings is 1. The Labute approximate surface area is 133 Å². The molecule has 0 aliphatic carbocycles. The number of hydrogen-bond donors (Lipinski definition) is 1. The second-order valence-corrected chi connectivity index (χ2v) is 5.13. The average molecular weight is 308 g/mol. The van der Waals surface area contributed by atoms with Gasteiger partial charge in [0.2, 0.25) is 5.91 Å². The van der Waals surface area contributed by atoms with Crippen LogP contribution in [0.3, 0.4) is 0 Å². The fourth-order valence-corrected chi connectivity index (χ4v) is 2.27. The van der Waals surface area contributed by atoms with Crippen LogP contribution in [0.25, 0.3) is 0 Å². The zero-order valence-electron chi connectivity index (χ0n) is 12.5. The average Bonchev–Trinajstić information content (AvgIpc) is 2.62. The Morgan fingerprint density at radius 1 is 1.13 bits per heavy atom. The molecule has 0 bridgehead atoms. The molecular weight excluding hydrogens is 292 g/mol. The molecule has 1 aliphatic heterocycles. The number of hydrazone groups is 1. The van der Waals surface area contributed by atoms with Gasteiger partial charge in [0, 0.05) is 31.8 Å². The number of hydrogen-bond acceptors (Lipinski definition) is 4. The maximum absolute atomic E-state index is 12.3. The van der Waals surface area contributed by atoms with Gasteiger partial charge >= 0.3 is 0 Å². The van der Waals surface area contributed by atoms with E-state index < -0.39 is 0 Å². The van der Waals surface area contributed by atoms with E-state index >= 15 is 0 Å². The molecule has 0 fully saturated rings. The molecule has 3 rings (SSSR count). The molecule has 2 heterocycles. The highest BCUT2D eigenvalue weighted by molar-refractivity contribution is 6.40. The molecule has 2 aromatic rings. The first-order valence-electron chi connectivity index (χ1n) is 7.36. The normalized spacial score (nSPS) is 14.3. The van der Waals surface area contributed by atoms with Gasteiger partial charge in [0.05, 0.1) is 5.69 Å². The van der Waals surface area contributed by atoms with E-state index in [1.54, 1.807) is 24.5 Å². The van der Waals surface area contributed by atoms with Crippen molar-refractivity contribution in [1.82, 2.24) is 10.3 Å². The van der Waals surface area contributed by atoms with Crippen LogP contribution >= 0.6 is 0 Å². The molecule has 1 aliphatic rings. The zero-order valence-corrected chi connectivity index (χ0v) is 12.5. The zero-order chi connectivity index (χ0) is 16.1. The molecule has 6 heteroatoms. The quantitative estimate of drug-likeness (QED) is 0.937. The lowest BCUT2D eigenvalue weighted by Crippen LogP contribution is -2.38. The fourth-order valence-electron chi connectivity index (χ4n) is 2.27. The van der Waals surface area contributed by atoms with Crippen molar-refractivity contribution >= 4 is 23.2 Å². The van der Waals surface area contributed by atoms with E-state index in [0.29, 0.717) is 24.4 Å². The highest BCUT2D eigenvalue weighted by atomic mass is 16.2. The van der Waals surface area contributed by atoms with Crippen LogP contribution in [0.5, 0.6) is 0 Å². The standard InChI is InChI=1S/C17H16N4O2/c22-16-9-8-15(20-21(16)14-6-2-1-3-7-14)17(23)19-12-13-5-4-10-18-11-13/h1-7,10-11H,8-9,12H2,(H,19,23). The van der Waals surface area contributed by atoms with Crippen LogP contribution in [-0.4, -0.2) is 22.5 Å². The molecular formula is C17H16N4O2. The highest BCUT2D eigenvalue weighted by Gasteiger charge is 2.25. The summed E-state index contributed by atoms with van der Waals surface area (Å²) in [5.41, 5.74) is 1.93.